The smallest absolute Gasteiger partial charge is 0.394 e. The number of aromatic amines is 1. The molecule has 3 aliphatic rings. The van der Waals surface area contributed by atoms with Crippen molar-refractivity contribution in [3.05, 3.63) is 46.6 Å². The zero-order valence-electron chi connectivity index (χ0n) is 15.1. The highest BCUT2D eigenvalue weighted by Crippen LogP contribution is 2.41. The van der Waals surface area contributed by atoms with Crippen LogP contribution in [0.5, 0.6) is 0 Å². The number of dihydropyridines is 1. The van der Waals surface area contributed by atoms with Crippen molar-refractivity contribution in [3.8, 4) is 0 Å². The van der Waals surface area contributed by atoms with Crippen LogP contribution in [-0.2, 0) is 0 Å². The van der Waals surface area contributed by atoms with Gasteiger partial charge in [0.15, 0.2) is 0 Å². The van der Waals surface area contributed by atoms with Gasteiger partial charge in [0, 0.05) is 36.1 Å². The predicted octanol–water partition coefficient (Wildman–Crippen LogP) is 3.14. The molecule has 28 heavy (non-hydrogen) atoms. The van der Waals surface area contributed by atoms with Gasteiger partial charge in [-0.25, -0.2) is 0 Å². The van der Waals surface area contributed by atoms with Gasteiger partial charge in [-0.3, -0.25) is 10.1 Å². The molecular formula is C19H21F3N6. The number of likely N-dealkylation sites (tertiary alicyclic amines) is 1. The Kier molecular flexibility index (Phi) is 4.60. The number of allylic oxidation sites excluding steroid dienone is 3. The van der Waals surface area contributed by atoms with Crippen molar-refractivity contribution in [1.82, 2.24) is 15.1 Å². The molecule has 3 heterocycles. The van der Waals surface area contributed by atoms with Crippen LogP contribution in [-0.4, -0.2) is 52.3 Å². The molecule has 1 fully saturated rings. The van der Waals surface area contributed by atoms with Gasteiger partial charge in [0.25, 0.3) is 0 Å². The lowest BCUT2D eigenvalue weighted by Gasteiger charge is -2.40. The summed E-state index contributed by atoms with van der Waals surface area (Å²) in [6, 6.07) is -0.363. The van der Waals surface area contributed by atoms with Gasteiger partial charge in [-0.05, 0) is 31.4 Å². The number of hydrogen-bond donors (Lipinski definition) is 3. The third-order valence-electron chi connectivity index (χ3n) is 5.46. The van der Waals surface area contributed by atoms with Gasteiger partial charge in [-0.15, -0.1) is 0 Å². The summed E-state index contributed by atoms with van der Waals surface area (Å²) >= 11 is 0. The molecule has 0 radical (unpaired) electrons. The summed E-state index contributed by atoms with van der Waals surface area (Å²) < 4.78 is 39.5. The molecule has 4 rings (SSSR count). The van der Waals surface area contributed by atoms with Crippen molar-refractivity contribution in [3.63, 3.8) is 0 Å². The Hall–Kier alpha value is -2.84. The number of fused-ring (bicyclic) bond motifs is 3. The first kappa shape index (κ1) is 18.5. The minimum atomic E-state index is -4.72. The van der Waals surface area contributed by atoms with E-state index in [1.165, 1.54) is 0 Å². The van der Waals surface area contributed by atoms with E-state index < -0.39 is 17.4 Å². The predicted molar refractivity (Wildman–Crippen MR) is 101 cm³/mol. The van der Waals surface area contributed by atoms with Crippen LogP contribution in [0.2, 0.25) is 0 Å². The lowest BCUT2D eigenvalue weighted by Crippen LogP contribution is -2.38. The van der Waals surface area contributed by atoms with Crippen LogP contribution in [0, 0.1) is 5.41 Å². The van der Waals surface area contributed by atoms with Crippen LogP contribution < -0.4 is 5.73 Å². The summed E-state index contributed by atoms with van der Waals surface area (Å²) in [6.07, 6.45) is 6.28. The van der Waals surface area contributed by atoms with Crippen molar-refractivity contribution in [1.29, 1.82) is 5.41 Å². The number of rotatable bonds is 3. The standard InChI is InChI=1S/C19H21F3N6/c20-19(21,22)18(24)11(9-23)15-8-16(28-6-2-1-3-7-28)17-12-10-25-27-13(12)4-5-14(17)26-15/h4-5,8-10,14,17,23H,1-3,6-7,24H2,(H,25,27). The van der Waals surface area contributed by atoms with Crippen LogP contribution >= 0.6 is 0 Å². The van der Waals surface area contributed by atoms with Crippen LogP contribution in [0.4, 0.5) is 13.2 Å². The number of nitrogens with one attached hydrogen (secondary N) is 2. The minimum Gasteiger partial charge on any atom is -0.394 e. The van der Waals surface area contributed by atoms with E-state index in [-0.39, 0.29) is 17.7 Å². The number of piperidine rings is 1. The normalized spacial score (nSPS) is 25.3. The van der Waals surface area contributed by atoms with E-state index in [1.54, 1.807) is 12.3 Å². The van der Waals surface area contributed by atoms with Gasteiger partial charge < -0.3 is 16.0 Å². The third-order valence-corrected chi connectivity index (χ3v) is 5.46. The molecule has 0 aromatic carbocycles. The fraction of sp³-hybridized carbons (Fsp3) is 0.421. The highest BCUT2D eigenvalue weighted by molar-refractivity contribution is 6.22. The first-order chi connectivity index (χ1) is 13.4. The molecule has 0 amide bonds. The quantitative estimate of drug-likeness (QED) is 0.692. The molecule has 1 aliphatic carbocycles. The molecule has 0 spiro atoms. The zero-order valence-corrected chi connectivity index (χ0v) is 15.1. The van der Waals surface area contributed by atoms with Gasteiger partial charge in [-0.2, -0.15) is 18.3 Å². The minimum absolute atomic E-state index is 0.100. The Labute approximate surface area is 160 Å². The summed E-state index contributed by atoms with van der Waals surface area (Å²) in [7, 11) is 0. The lowest BCUT2D eigenvalue weighted by atomic mass is 9.81. The van der Waals surface area contributed by atoms with Gasteiger partial charge in [0.1, 0.15) is 5.70 Å². The highest BCUT2D eigenvalue weighted by Gasteiger charge is 2.39. The third kappa shape index (κ3) is 3.14. The molecular weight excluding hydrogens is 369 g/mol. The van der Waals surface area contributed by atoms with Crippen LogP contribution in [0.3, 0.4) is 0 Å². The lowest BCUT2D eigenvalue weighted by molar-refractivity contribution is -0.0928. The summed E-state index contributed by atoms with van der Waals surface area (Å²) in [4.78, 5) is 6.75. The van der Waals surface area contributed by atoms with Crippen molar-refractivity contribution in [2.75, 3.05) is 13.1 Å². The molecule has 1 aromatic heterocycles. The first-order valence-electron chi connectivity index (χ1n) is 9.23. The molecule has 2 unspecified atom stereocenters. The second kappa shape index (κ2) is 6.96. The number of nitrogens with two attached hydrogens (primary N) is 1. The molecule has 1 aromatic rings. The average Bonchev–Trinajstić information content (AvgIpc) is 3.16. The fourth-order valence-corrected chi connectivity index (χ4v) is 4.09. The second-order valence-corrected chi connectivity index (χ2v) is 7.17. The van der Waals surface area contributed by atoms with E-state index in [0.717, 1.165) is 49.3 Å². The maximum Gasteiger partial charge on any atom is 0.431 e. The molecule has 1 saturated heterocycles. The number of nitrogens with zero attached hydrogens (tertiary/aromatic N) is 3. The van der Waals surface area contributed by atoms with Crippen molar-refractivity contribution >= 4 is 18.0 Å². The van der Waals surface area contributed by atoms with Gasteiger partial charge >= 0.3 is 6.18 Å². The van der Waals surface area contributed by atoms with Crippen molar-refractivity contribution in [2.24, 2.45) is 10.7 Å². The molecule has 9 heteroatoms. The van der Waals surface area contributed by atoms with E-state index in [0.29, 0.717) is 6.21 Å². The van der Waals surface area contributed by atoms with Crippen LogP contribution in [0.15, 0.2) is 40.3 Å². The van der Waals surface area contributed by atoms with E-state index in [4.69, 9.17) is 11.1 Å². The molecule has 0 bridgehead atoms. The summed E-state index contributed by atoms with van der Waals surface area (Å²) in [5.41, 5.74) is 6.53. The Morgan fingerprint density at radius 3 is 2.71 bits per heavy atom. The average molecular weight is 390 g/mol. The number of hydrogen-bond acceptors (Lipinski definition) is 5. The van der Waals surface area contributed by atoms with E-state index >= 15 is 0 Å². The number of aromatic nitrogens is 2. The monoisotopic (exact) mass is 390 g/mol. The molecule has 4 N–H and O–H groups in total. The Morgan fingerprint density at radius 1 is 1.29 bits per heavy atom. The van der Waals surface area contributed by atoms with Gasteiger partial charge in [0.05, 0.1) is 29.6 Å². The van der Waals surface area contributed by atoms with Crippen molar-refractivity contribution < 1.29 is 13.2 Å². The summed E-state index contributed by atoms with van der Waals surface area (Å²) in [5.74, 6) is -0.111. The van der Waals surface area contributed by atoms with Crippen LogP contribution in [0.25, 0.3) is 6.08 Å². The van der Waals surface area contributed by atoms with Crippen molar-refractivity contribution in [2.45, 2.75) is 37.4 Å². The number of H-pyrrole nitrogens is 1. The summed E-state index contributed by atoms with van der Waals surface area (Å²) in [5, 5.41) is 14.6. The molecule has 0 saturated carbocycles. The second-order valence-electron chi connectivity index (χ2n) is 7.17. The zero-order chi connectivity index (χ0) is 19.9. The maximum absolute atomic E-state index is 13.2. The Morgan fingerprint density at radius 2 is 2.04 bits per heavy atom. The van der Waals surface area contributed by atoms with E-state index in [2.05, 4.69) is 20.1 Å². The molecule has 2 atom stereocenters. The summed E-state index contributed by atoms with van der Waals surface area (Å²) in [6.45, 7) is 1.69. The van der Waals surface area contributed by atoms with Gasteiger partial charge in [-0.1, -0.05) is 6.08 Å². The topological polar surface area (TPSA) is 94.1 Å². The Bertz CT molecular complexity index is 899. The van der Waals surface area contributed by atoms with E-state index in [1.807, 2.05) is 12.2 Å². The highest BCUT2D eigenvalue weighted by atomic mass is 19.4. The number of aliphatic imine (C=N–C) groups is 1. The largest absolute Gasteiger partial charge is 0.431 e. The SMILES string of the molecule is N=CC(C1=NC2C=Cc3[nH]ncc3C2C(N2CCCCC2)=C1)=C(N)C(F)(F)F. The number of alkyl halides is 3. The van der Waals surface area contributed by atoms with Gasteiger partial charge in [0.2, 0.25) is 0 Å². The van der Waals surface area contributed by atoms with Crippen LogP contribution in [0.1, 0.15) is 36.4 Å². The maximum atomic E-state index is 13.2. The molecule has 6 nitrogen and oxygen atoms in total. The first-order valence-corrected chi connectivity index (χ1v) is 9.23. The van der Waals surface area contributed by atoms with E-state index in [9.17, 15) is 13.2 Å². The number of halogens is 3. The fourth-order valence-electron chi connectivity index (χ4n) is 4.09. The molecule has 148 valence electrons. The molecule has 2 aliphatic heterocycles. The Balaban J connectivity index is 1.83.